The SMILES string of the molecule is CC[C@@]12CC(=O)C(OC)CC1C(N)[C@@H](CC(=O)Oc1ccccc1)c1ccc(OC)c(OCc3ccccc3)c12. The van der Waals surface area contributed by atoms with E-state index in [-0.39, 0.29) is 36.4 Å². The summed E-state index contributed by atoms with van der Waals surface area (Å²) in [5, 5.41) is 0. The van der Waals surface area contributed by atoms with Crippen molar-refractivity contribution < 1.29 is 28.5 Å². The fraction of sp³-hybridized carbons (Fsp3) is 0.394. The van der Waals surface area contributed by atoms with Crippen LogP contribution in [0.1, 0.15) is 55.2 Å². The molecule has 0 heterocycles. The number of methoxy groups -OCH3 is 2. The van der Waals surface area contributed by atoms with Crippen molar-refractivity contribution in [2.24, 2.45) is 11.7 Å². The van der Waals surface area contributed by atoms with Crippen LogP contribution in [0.15, 0.2) is 72.8 Å². The summed E-state index contributed by atoms with van der Waals surface area (Å²) in [4.78, 5) is 26.6. The van der Waals surface area contributed by atoms with E-state index in [4.69, 9.17) is 24.7 Å². The highest BCUT2D eigenvalue weighted by atomic mass is 16.5. The first-order valence-corrected chi connectivity index (χ1v) is 13.9. The number of hydrogen-bond donors (Lipinski definition) is 1. The second-order valence-electron chi connectivity index (χ2n) is 10.7. The van der Waals surface area contributed by atoms with Crippen LogP contribution in [0.25, 0.3) is 0 Å². The van der Waals surface area contributed by atoms with Crippen molar-refractivity contribution in [1.82, 2.24) is 0 Å². The first-order valence-electron chi connectivity index (χ1n) is 13.9. The molecule has 2 aliphatic carbocycles. The fourth-order valence-electron chi connectivity index (χ4n) is 6.74. The number of hydrogen-bond acceptors (Lipinski definition) is 7. The van der Waals surface area contributed by atoms with Crippen LogP contribution in [0.2, 0.25) is 0 Å². The zero-order valence-electron chi connectivity index (χ0n) is 23.3. The molecule has 0 aliphatic heterocycles. The molecule has 0 amide bonds. The second kappa shape index (κ2) is 11.8. The molecule has 0 saturated heterocycles. The lowest BCUT2D eigenvalue weighted by atomic mass is 9.51. The molecule has 5 rings (SSSR count). The van der Waals surface area contributed by atoms with Gasteiger partial charge in [0, 0.05) is 36.5 Å². The maximum atomic E-state index is 13.4. The monoisotopic (exact) mass is 543 g/mol. The Morgan fingerprint density at radius 1 is 1.00 bits per heavy atom. The van der Waals surface area contributed by atoms with E-state index in [2.05, 4.69) is 6.92 Å². The second-order valence-corrected chi connectivity index (χ2v) is 10.7. The predicted molar refractivity (Wildman–Crippen MR) is 152 cm³/mol. The maximum absolute atomic E-state index is 13.4. The first kappa shape index (κ1) is 27.9. The molecule has 3 unspecified atom stereocenters. The Balaban J connectivity index is 1.61. The number of nitrogens with two attached hydrogens (primary N) is 1. The number of rotatable bonds is 9. The van der Waals surface area contributed by atoms with Gasteiger partial charge >= 0.3 is 5.97 Å². The van der Waals surface area contributed by atoms with Crippen molar-refractivity contribution >= 4 is 11.8 Å². The van der Waals surface area contributed by atoms with Crippen LogP contribution in [0.3, 0.4) is 0 Å². The molecule has 7 heteroatoms. The van der Waals surface area contributed by atoms with Crippen molar-refractivity contribution in [3.8, 4) is 17.2 Å². The van der Waals surface area contributed by atoms with Crippen LogP contribution >= 0.6 is 0 Å². The van der Waals surface area contributed by atoms with Crippen LogP contribution in [-0.2, 0) is 26.3 Å². The Labute approximate surface area is 235 Å². The van der Waals surface area contributed by atoms with Gasteiger partial charge in [-0.15, -0.1) is 0 Å². The minimum Gasteiger partial charge on any atom is -0.493 e. The Hall–Kier alpha value is -3.68. The molecular weight excluding hydrogens is 506 g/mol. The molecule has 5 atom stereocenters. The van der Waals surface area contributed by atoms with Gasteiger partial charge in [0.1, 0.15) is 18.5 Å². The maximum Gasteiger partial charge on any atom is 0.311 e. The number of para-hydroxylation sites is 1. The van der Waals surface area contributed by atoms with Gasteiger partial charge in [-0.3, -0.25) is 9.59 Å². The molecule has 1 fully saturated rings. The third-order valence-electron chi connectivity index (χ3n) is 8.73. The summed E-state index contributed by atoms with van der Waals surface area (Å²) in [5.41, 5.74) is 9.30. The van der Waals surface area contributed by atoms with Gasteiger partial charge in [-0.2, -0.15) is 0 Å². The molecule has 3 aromatic carbocycles. The van der Waals surface area contributed by atoms with Gasteiger partial charge in [-0.25, -0.2) is 0 Å². The normalized spacial score (nSPS) is 25.4. The highest BCUT2D eigenvalue weighted by Gasteiger charge is 2.57. The summed E-state index contributed by atoms with van der Waals surface area (Å²) in [6, 6.07) is 22.4. The molecule has 3 aromatic rings. The van der Waals surface area contributed by atoms with Crippen LogP contribution < -0.4 is 19.9 Å². The topological polar surface area (TPSA) is 97.1 Å². The quantitative estimate of drug-likeness (QED) is 0.288. The predicted octanol–water partition coefficient (Wildman–Crippen LogP) is 5.34. The third-order valence-corrected chi connectivity index (χ3v) is 8.73. The van der Waals surface area contributed by atoms with Gasteiger partial charge in [-0.05, 0) is 48.1 Å². The van der Waals surface area contributed by atoms with Crippen molar-refractivity contribution in [3.05, 3.63) is 89.5 Å². The number of Topliss-reactive ketones (excluding diaryl/α,β-unsaturated/α-hetero) is 1. The summed E-state index contributed by atoms with van der Waals surface area (Å²) in [7, 11) is 3.18. The van der Waals surface area contributed by atoms with Crippen LogP contribution in [0, 0.1) is 5.92 Å². The van der Waals surface area contributed by atoms with Crippen molar-refractivity contribution in [3.63, 3.8) is 0 Å². The van der Waals surface area contributed by atoms with Gasteiger partial charge in [0.25, 0.3) is 0 Å². The number of esters is 1. The van der Waals surface area contributed by atoms with E-state index in [9.17, 15) is 9.59 Å². The van der Waals surface area contributed by atoms with Crippen LogP contribution in [0.4, 0.5) is 0 Å². The molecule has 7 nitrogen and oxygen atoms in total. The minimum absolute atomic E-state index is 0.0533. The highest BCUT2D eigenvalue weighted by molar-refractivity contribution is 5.86. The molecule has 0 spiro atoms. The van der Waals surface area contributed by atoms with Crippen LogP contribution in [-0.4, -0.2) is 38.1 Å². The third kappa shape index (κ3) is 5.11. The molecule has 1 saturated carbocycles. The number of carbonyl (C=O) groups is 2. The standard InChI is InChI=1S/C33H37NO6/c1-4-33-19-26(35)28(38-3)18-25(33)31(34)24(17-29(36)40-22-13-9-6-10-14-22)23-15-16-27(37-2)32(30(23)33)39-20-21-11-7-5-8-12-21/h5-16,24-25,28,31H,4,17-20,34H2,1-3H3/t24-,25?,28?,31?,33+/m0/s1. The van der Waals surface area contributed by atoms with E-state index in [1.807, 2.05) is 60.7 Å². The van der Waals surface area contributed by atoms with Crippen molar-refractivity contribution in [2.75, 3.05) is 14.2 Å². The van der Waals surface area contributed by atoms with Gasteiger partial charge < -0.3 is 24.7 Å². The Morgan fingerprint density at radius 3 is 2.35 bits per heavy atom. The van der Waals surface area contributed by atoms with Crippen LogP contribution in [0.5, 0.6) is 17.2 Å². The van der Waals surface area contributed by atoms with Crippen molar-refractivity contribution in [2.45, 2.75) is 62.7 Å². The number of ketones is 1. The fourth-order valence-corrected chi connectivity index (χ4v) is 6.74. The number of benzene rings is 3. The first-order chi connectivity index (χ1) is 19.4. The van der Waals surface area contributed by atoms with Gasteiger partial charge in [0.15, 0.2) is 17.3 Å². The Bertz CT molecular complexity index is 1340. The zero-order chi connectivity index (χ0) is 28.3. The molecule has 2 N–H and O–H groups in total. The number of ether oxygens (including phenoxy) is 4. The minimum atomic E-state index is -0.582. The van der Waals surface area contributed by atoms with Gasteiger partial charge in [-0.1, -0.05) is 61.5 Å². The molecule has 0 aromatic heterocycles. The summed E-state index contributed by atoms with van der Waals surface area (Å²) in [5.74, 6) is 0.914. The lowest BCUT2D eigenvalue weighted by Crippen LogP contribution is -2.58. The lowest BCUT2D eigenvalue weighted by molar-refractivity contribution is -0.139. The smallest absolute Gasteiger partial charge is 0.311 e. The van der Waals surface area contributed by atoms with E-state index < -0.39 is 17.6 Å². The highest BCUT2D eigenvalue weighted by Crippen LogP contribution is 2.59. The summed E-state index contributed by atoms with van der Waals surface area (Å²) in [6.45, 7) is 2.42. The summed E-state index contributed by atoms with van der Waals surface area (Å²) >= 11 is 0. The largest absolute Gasteiger partial charge is 0.493 e. The molecule has 210 valence electrons. The molecule has 2 aliphatic rings. The summed E-state index contributed by atoms with van der Waals surface area (Å²) in [6.07, 6.45) is 0.993. The average Bonchev–Trinajstić information content (AvgIpc) is 2.98. The zero-order valence-corrected chi connectivity index (χ0v) is 23.3. The van der Waals surface area contributed by atoms with Gasteiger partial charge in [0.05, 0.1) is 13.5 Å². The summed E-state index contributed by atoms with van der Waals surface area (Å²) < 4.78 is 23.6. The Morgan fingerprint density at radius 2 is 1.70 bits per heavy atom. The van der Waals surface area contributed by atoms with Gasteiger partial charge in [0.2, 0.25) is 0 Å². The molecule has 0 radical (unpaired) electrons. The van der Waals surface area contributed by atoms with E-state index in [1.54, 1.807) is 26.4 Å². The number of carbonyl (C=O) groups excluding carboxylic acids is 2. The van der Waals surface area contributed by atoms with E-state index >= 15 is 0 Å². The van der Waals surface area contributed by atoms with E-state index in [1.165, 1.54) is 0 Å². The average molecular weight is 544 g/mol. The molecule has 0 bridgehead atoms. The molecule has 40 heavy (non-hydrogen) atoms. The lowest BCUT2D eigenvalue weighted by Gasteiger charge is -2.54. The van der Waals surface area contributed by atoms with E-state index in [0.29, 0.717) is 36.7 Å². The van der Waals surface area contributed by atoms with Crippen molar-refractivity contribution in [1.29, 1.82) is 0 Å². The molecular formula is C33H37NO6. The van der Waals surface area contributed by atoms with E-state index in [0.717, 1.165) is 16.7 Å². The Kier molecular flexibility index (Phi) is 8.24. The number of fused-ring (bicyclic) bond motifs is 3.